The molecule has 1 aliphatic rings. The monoisotopic (exact) mass is 449 g/mol. The van der Waals surface area contributed by atoms with E-state index in [2.05, 4.69) is 35.9 Å². The number of carboxylic acid groups (broad SMARTS) is 1. The summed E-state index contributed by atoms with van der Waals surface area (Å²) < 4.78 is 0. The van der Waals surface area contributed by atoms with Gasteiger partial charge in [-0.3, -0.25) is 14.4 Å². The standard InChI is InChI=1S/C17H31N5O5S2/c18-6-2-1-4-11(17(26)27)20-14(23)12(9-29)21-15(24)13-5-3-7-22(13)16(25)10(19)8-28/h10-13,28-29H,1-9,18-19H2,(H,20,23)(H,21,24)(H,26,27). The number of aliphatic carboxylic acids is 1. The molecule has 0 bridgehead atoms. The molecule has 0 radical (unpaired) electrons. The highest BCUT2D eigenvalue weighted by atomic mass is 32.1. The highest BCUT2D eigenvalue weighted by Crippen LogP contribution is 2.19. The molecule has 12 heteroatoms. The number of hydrogen-bond donors (Lipinski definition) is 7. The van der Waals surface area contributed by atoms with Gasteiger partial charge in [0.05, 0.1) is 6.04 Å². The van der Waals surface area contributed by atoms with E-state index in [1.54, 1.807) is 0 Å². The summed E-state index contributed by atoms with van der Waals surface area (Å²) in [7, 11) is 0. The van der Waals surface area contributed by atoms with Gasteiger partial charge in [0.15, 0.2) is 0 Å². The summed E-state index contributed by atoms with van der Waals surface area (Å²) in [6.45, 7) is 0.835. The molecule has 29 heavy (non-hydrogen) atoms. The highest BCUT2D eigenvalue weighted by molar-refractivity contribution is 7.80. The number of amides is 3. The largest absolute Gasteiger partial charge is 0.480 e. The van der Waals surface area contributed by atoms with E-state index in [-0.39, 0.29) is 23.8 Å². The van der Waals surface area contributed by atoms with Crippen LogP contribution in [0.1, 0.15) is 32.1 Å². The molecule has 0 spiro atoms. The molecule has 0 aromatic rings. The van der Waals surface area contributed by atoms with Gasteiger partial charge in [0.1, 0.15) is 18.1 Å². The summed E-state index contributed by atoms with van der Waals surface area (Å²) in [5.41, 5.74) is 11.1. The van der Waals surface area contributed by atoms with E-state index >= 15 is 0 Å². The molecule has 10 nitrogen and oxygen atoms in total. The Balaban J connectivity index is 2.72. The number of hydrogen-bond acceptors (Lipinski definition) is 8. The smallest absolute Gasteiger partial charge is 0.326 e. The van der Waals surface area contributed by atoms with Gasteiger partial charge in [-0.05, 0) is 38.6 Å². The Morgan fingerprint density at radius 2 is 1.79 bits per heavy atom. The zero-order chi connectivity index (χ0) is 22.0. The van der Waals surface area contributed by atoms with Crippen molar-refractivity contribution in [2.75, 3.05) is 24.6 Å². The number of nitrogens with two attached hydrogens (primary N) is 2. The van der Waals surface area contributed by atoms with Crippen LogP contribution in [-0.2, 0) is 19.2 Å². The lowest BCUT2D eigenvalue weighted by molar-refractivity contribution is -0.143. The van der Waals surface area contributed by atoms with E-state index in [1.807, 2.05) is 0 Å². The summed E-state index contributed by atoms with van der Waals surface area (Å²) in [4.78, 5) is 50.2. The summed E-state index contributed by atoms with van der Waals surface area (Å²) in [5.74, 6) is -2.53. The quantitative estimate of drug-likeness (QED) is 0.138. The zero-order valence-corrected chi connectivity index (χ0v) is 18.0. The van der Waals surface area contributed by atoms with Crippen molar-refractivity contribution < 1.29 is 24.3 Å². The number of carbonyl (C=O) groups is 4. The van der Waals surface area contributed by atoms with Gasteiger partial charge in [-0.25, -0.2) is 4.79 Å². The van der Waals surface area contributed by atoms with Crippen LogP contribution >= 0.6 is 25.3 Å². The highest BCUT2D eigenvalue weighted by Gasteiger charge is 2.37. The van der Waals surface area contributed by atoms with E-state index < -0.39 is 42.0 Å². The fourth-order valence-corrected chi connectivity index (χ4v) is 3.49. The molecule has 0 aromatic carbocycles. The predicted molar refractivity (Wildman–Crippen MR) is 115 cm³/mol. The third-order valence-electron chi connectivity index (χ3n) is 4.73. The average molecular weight is 450 g/mol. The first-order valence-electron chi connectivity index (χ1n) is 9.58. The number of unbranched alkanes of at least 4 members (excludes halogenated alkanes) is 1. The van der Waals surface area contributed by atoms with Gasteiger partial charge in [0, 0.05) is 18.1 Å². The Kier molecular flexibility index (Phi) is 11.4. The van der Waals surface area contributed by atoms with Crippen LogP contribution in [0.15, 0.2) is 0 Å². The lowest BCUT2D eigenvalue weighted by Gasteiger charge is -2.28. The Bertz CT molecular complexity index is 595. The van der Waals surface area contributed by atoms with Crippen LogP contribution in [-0.4, -0.2) is 82.5 Å². The topological polar surface area (TPSA) is 168 Å². The summed E-state index contributed by atoms with van der Waals surface area (Å²) in [5, 5.41) is 14.3. The maximum absolute atomic E-state index is 12.7. The third-order valence-corrected chi connectivity index (χ3v) is 5.49. The molecule has 1 fully saturated rings. The van der Waals surface area contributed by atoms with E-state index in [4.69, 9.17) is 11.5 Å². The number of carboxylic acids is 1. The first-order chi connectivity index (χ1) is 13.8. The maximum Gasteiger partial charge on any atom is 0.326 e. The number of nitrogens with one attached hydrogen (secondary N) is 2. The van der Waals surface area contributed by atoms with Crippen LogP contribution in [0.25, 0.3) is 0 Å². The van der Waals surface area contributed by atoms with Crippen molar-refractivity contribution >= 4 is 48.9 Å². The lowest BCUT2D eigenvalue weighted by Crippen LogP contribution is -2.57. The molecule has 1 saturated heterocycles. The number of thiol groups is 2. The summed E-state index contributed by atoms with van der Waals surface area (Å²) in [6.07, 6.45) is 2.53. The molecule has 4 atom stereocenters. The van der Waals surface area contributed by atoms with Crippen LogP contribution in [0, 0.1) is 0 Å². The second-order valence-corrected chi connectivity index (χ2v) is 7.64. The van der Waals surface area contributed by atoms with Crippen LogP contribution < -0.4 is 22.1 Å². The van der Waals surface area contributed by atoms with Gasteiger partial charge in [0.2, 0.25) is 17.7 Å². The SMILES string of the molecule is NCCCCC(NC(=O)C(CS)NC(=O)C1CCCN1C(=O)C(N)CS)C(=O)O. The van der Waals surface area contributed by atoms with Crippen molar-refractivity contribution in [3.05, 3.63) is 0 Å². The normalized spacial score (nSPS) is 19.3. The van der Waals surface area contributed by atoms with E-state index in [0.717, 1.165) is 0 Å². The predicted octanol–water partition coefficient (Wildman–Crippen LogP) is -1.65. The van der Waals surface area contributed by atoms with Crippen molar-refractivity contribution in [1.29, 1.82) is 0 Å². The number of rotatable bonds is 12. The van der Waals surface area contributed by atoms with E-state index in [0.29, 0.717) is 38.8 Å². The van der Waals surface area contributed by atoms with Gasteiger partial charge < -0.3 is 32.1 Å². The molecule has 1 rings (SSSR count). The molecule has 1 aliphatic heterocycles. The van der Waals surface area contributed by atoms with Crippen LogP contribution in [0.3, 0.4) is 0 Å². The average Bonchev–Trinajstić information content (AvgIpc) is 3.19. The molecular formula is C17H31N5O5S2. The minimum absolute atomic E-state index is 0.0243. The van der Waals surface area contributed by atoms with Gasteiger partial charge in [-0.15, -0.1) is 0 Å². The number of nitrogens with zero attached hydrogens (tertiary/aromatic N) is 1. The molecule has 166 valence electrons. The van der Waals surface area contributed by atoms with Crippen molar-refractivity contribution in [3.8, 4) is 0 Å². The first kappa shape index (κ1) is 25.5. The van der Waals surface area contributed by atoms with Crippen molar-refractivity contribution in [2.45, 2.75) is 56.3 Å². The van der Waals surface area contributed by atoms with Crippen molar-refractivity contribution in [1.82, 2.24) is 15.5 Å². The van der Waals surface area contributed by atoms with Gasteiger partial charge >= 0.3 is 5.97 Å². The number of carbonyl (C=O) groups excluding carboxylic acids is 3. The summed E-state index contributed by atoms with van der Waals surface area (Å²) in [6, 6.07) is -3.64. The molecule has 7 N–H and O–H groups in total. The third kappa shape index (κ3) is 7.68. The van der Waals surface area contributed by atoms with Crippen LogP contribution in [0.5, 0.6) is 0 Å². The molecule has 0 saturated carbocycles. The van der Waals surface area contributed by atoms with E-state index in [1.165, 1.54) is 4.90 Å². The minimum atomic E-state index is -1.16. The maximum atomic E-state index is 12.7. The molecular weight excluding hydrogens is 418 g/mol. The van der Waals surface area contributed by atoms with Crippen molar-refractivity contribution in [2.24, 2.45) is 11.5 Å². The molecule has 1 heterocycles. The van der Waals surface area contributed by atoms with Gasteiger partial charge in [-0.1, -0.05) is 0 Å². The fourth-order valence-electron chi connectivity index (χ4n) is 3.08. The van der Waals surface area contributed by atoms with Crippen LogP contribution in [0.2, 0.25) is 0 Å². The Labute approximate surface area is 181 Å². The fraction of sp³-hybridized carbons (Fsp3) is 0.765. The number of likely N-dealkylation sites (tertiary alicyclic amines) is 1. The lowest BCUT2D eigenvalue weighted by atomic mass is 10.1. The molecule has 0 aliphatic carbocycles. The van der Waals surface area contributed by atoms with Gasteiger partial charge in [-0.2, -0.15) is 25.3 Å². The molecule has 0 aromatic heterocycles. The zero-order valence-electron chi connectivity index (χ0n) is 16.2. The Hall–Kier alpha value is -1.50. The minimum Gasteiger partial charge on any atom is -0.480 e. The molecule has 4 unspecified atom stereocenters. The Morgan fingerprint density at radius 1 is 1.10 bits per heavy atom. The van der Waals surface area contributed by atoms with E-state index in [9.17, 15) is 24.3 Å². The second-order valence-electron chi connectivity index (χ2n) is 6.91. The van der Waals surface area contributed by atoms with Gasteiger partial charge in [0.25, 0.3) is 0 Å². The van der Waals surface area contributed by atoms with Crippen molar-refractivity contribution in [3.63, 3.8) is 0 Å². The second kappa shape index (κ2) is 12.9. The Morgan fingerprint density at radius 3 is 2.34 bits per heavy atom. The summed E-state index contributed by atoms with van der Waals surface area (Å²) >= 11 is 8.11. The first-order valence-corrected chi connectivity index (χ1v) is 10.8. The van der Waals surface area contributed by atoms with Crippen LogP contribution in [0.4, 0.5) is 0 Å². The molecule has 3 amide bonds.